The van der Waals surface area contributed by atoms with Gasteiger partial charge in [0.05, 0.1) is 18.3 Å². The summed E-state index contributed by atoms with van der Waals surface area (Å²) in [6, 6.07) is 18.8. The van der Waals surface area contributed by atoms with Crippen molar-refractivity contribution in [1.29, 1.82) is 0 Å². The molecular weight excluding hydrogens is 477 g/mol. The Morgan fingerprint density at radius 1 is 0.947 bits per heavy atom. The third-order valence-electron chi connectivity index (χ3n) is 8.48. The number of aromatic amines is 1. The van der Waals surface area contributed by atoms with Gasteiger partial charge in [-0.05, 0) is 74.7 Å². The Bertz CT molecular complexity index is 1350. The second-order valence-electron chi connectivity index (χ2n) is 10.9. The fraction of sp³-hybridized carbons (Fsp3) is 0.452. The third-order valence-corrected chi connectivity index (χ3v) is 8.48. The number of methoxy groups -OCH3 is 1. The topological polar surface area (TPSA) is 49.3 Å². The fourth-order valence-corrected chi connectivity index (χ4v) is 6.23. The molecule has 6 rings (SSSR count). The predicted octanol–water partition coefficient (Wildman–Crippen LogP) is 5.51. The quantitative estimate of drug-likeness (QED) is 0.336. The number of nitrogens with zero attached hydrogens (tertiary/aromatic N) is 4. The van der Waals surface area contributed by atoms with Crippen molar-refractivity contribution < 1.29 is 9.13 Å². The summed E-state index contributed by atoms with van der Waals surface area (Å²) < 4.78 is 21.5. The lowest BCUT2D eigenvalue weighted by Crippen LogP contribution is -2.48. The van der Waals surface area contributed by atoms with Crippen LogP contribution in [0.1, 0.15) is 43.0 Å². The van der Waals surface area contributed by atoms with Crippen LogP contribution in [0.5, 0.6) is 0 Å². The minimum Gasteiger partial charge on any atom is -0.383 e. The van der Waals surface area contributed by atoms with Gasteiger partial charge in [-0.1, -0.05) is 24.3 Å². The second-order valence-corrected chi connectivity index (χ2v) is 10.9. The van der Waals surface area contributed by atoms with Crippen LogP contribution in [-0.2, 0) is 11.2 Å². The van der Waals surface area contributed by atoms with Crippen molar-refractivity contribution in [2.24, 2.45) is 0 Å². The third kappa shape index (κ3) is 5.55. The number of hydrogen-bond donors (Lipinski definition) is 1. The van der Waals surface area contributed by atoms with E-state index in [1.54, 1.807) is 13.2 Å². The average molecular weight is 516 g/mol. The van der Waals surface area contributed by atoms with Crippen LogP contribution in [0.15, 0.2) is 60.8 Å². The normalized spacial score (nSPS) is 18.5. The lowest BCUT2D eigenvalue weighted by molar-refractivity contribution is 0.0659. The van der Waals surface area contributed by atoms with Gasteiger partial charge in [-0.3, -0.25) is 4.68 Å². The van der Waals surface area contributed by atoms with E-state index in [0.29, 0.717) is 18.0 Å². The van der Waals surface area contributed by atoms with Gasteiger partial charge in [-0.2, -0.15) is 5.10 Å². The van der Waals surface area contributed by atoms with Gasteiger partial charge in [0.25, 0.3) is 0 Å². The number of hydrogen-bond acceptors (Lipinski definition) is 4. The number of piperidine rings is 2. The first kappa shape index (κ1) is 25.3. The molecule has 6 nitrogen and oxygen atoms in total. The first-order valence-electron chi connectivity index (χ1n) is 14.0. The van der Waals surface area contributed by atoms with Crippen LogP contribution in [0, 0.1) is 5.82 Å². The maximum absolute atomic E-state index is 14.1. The molecule has 2 aromatic carbocycles. The lowest BCUT2D eigenvalue weighted by Gasteiger charge is -2.41. The molecular formula is C31H38FN5O. The van der Waals surface area contributed by atoms with Gasteiger partial charge < -0.3 is 19.5 Å². The highest BCUT2D eigenvalue weighted by Crippen LogP contribution is 2.29. The number of nitrogens with one attached hydrogen (secondary N) is 1. The summed E-state index contributed by atoms with van der Waals surface area (Å²) in [6.07, 6.45) is 7.54. The Morgan fingerprint density at radius 2 is 1.74 bits per heavy atom. The molecule has 7 heteroatoms. The van der Waals surface area contributed by atoms with Crippen LogP contribution in [0.4, 0.5) is 4.39 Å². The monoisotopic (exact) mass is 515 g/mol. The van der Waals surface area contributed by atoms with Crippen molar-refractivity contribution in [3.05, 3.63) is 77.9 Å². The molecule has 2 aromatic heterocycles. The van der Waals surface area contributed by atoms with Gasteiger partial charge in [0.2, 0.25) is 0 Å². The van der Waals surface area contributed by atoms with Gasteiger partial charge >= 0.3 is 0 Å². The Kier molecular flexibility index (Phi) is 7.58. The molecule has 2 saturated heterocycles. The number of halogens is 1. The van der Waals surface area contributed by atoms with E-state index in [9.17, 15) is 4.39 Å². The SMILES string of the molecule is COCCN1CCC(N2CCC(n3ccc(-c4ccc5[nH]c(Cc6ccccc6F)cc5c4)n3)CC2)CC1. The molecule has 0 radical (unpaired) electrons. The van der Waals surface area contributed by atoms with Crippen LogP contribution in [-0.4, -0.2) is 77.0 Å². The number of fused-ring (bicyclic) bond motifs is 1. The van der Waals surface area contributed by atoms with E-state index in [0.717, 1.165) is 73.0 Å². The zero-order chi connectivity index (χ0) is 25.9. The first-order chi connectivity index (χ1) is 18.7. The van der Waals surface area contributed by atoms with E-state index < -0.39 is 0 Å². The van der Waals surface area contributed by atoms with E-state index in [1.165, 1.54) is 32.0 Å². The highest BCUT2D eigenvalue weighted by Gasteiger charge is 2.29. The van der Waals surface area contributed by atoms with Crippen molar-refractivity contribution in [2.45, 2.75) is 44.2 Å². The van der Waals surface area contributed by atoms with Crippen LogP contribution < -0.4 is 0 Å². The maximum Gasteiger partial charge on any atom is 0.126 e. The zero-order valence-electron chi connectivity index (χ0n) is 22.3. The van der Waals surface area contributed by atoms with Crippen molar-refractivity contribution in [1.82, 2.24) is 24.6 Å². The molecule has 1 N–H and O–H groups in total. The minimum atomic E-state index is -0.161. The molecule has 4 heterocycles. The molecule has 2 fully saturated rings. The summed E-state index contributed by atoms with van der Waals surface area (Å²) in [5.74, 6) is -0.161. The van der Waals surface area contributed by atoms with E-state index >= 15 is 0 Å². The molecule has 2 aliphatic rings. The second kappa shape index (κ2) is 11.4. The van der Waals surface area contributed by atoms with Gasteiger partial charge in [-0.15, -0.1) is 0 Å². The lowest BCUT2D eigenvalue weighted by atomic mass is 9.98. The Morgan fingerprint density at radius 3 is 2.53 bits per heavy atom. The highest BCUT2D eigenvalue weighted by atomic mass is 19.1. The predicted molar refractivity (Wildman–Crippen MR) is 150 cm³/mol. The average Bonchev–Trinajstić information content (AvgIpc) is 3.60. The maximum atomic E-state index is 14.1. The fourth-order valence-electron chi connectivity index (χ4n) is 6.23. The number of aromatic nitrogens is 3. The Hall–Kier alpha value is -3.00. The van der Waals surface area contributed by atoms with Gasteiger partial charge in [0.1, 0.15) is 5.82 Å². The molecule has 0 spiro atoms. The molecule has 2 aliphatic heterocycles. The largest absolute Gasteiger partial charge is 0.383 e. The van der Waals surface area contributed by atoms with Crippen LogP contribution in [0.25, 0.3) is 22.2 Å². The summed E-state index contributed by atoms with van der Waals surface area (Å²) in [5.41, 5.74) is 4.91. The number of likely N-dealkylation sites (tertiary alicyclic amines) is 2. The zero-order valence-corrected chi connectivity index (χ0v) is 22.3. The molecule has 0 unspecified atom stereocenters. The number of ether oxygens (including phenoxy) is 1. The van der Waals surface area contributed by atoms with Crippen molar-refractivity contribution in [3.8, 4) is 11.3 Å². The molecule has 38 heavy (non-hydrogen) atoms. The highest BCUT2D eigenvalue weighted by molar-refractivity contribution is 5.85. The van der Waals surface area contributed by atoms with Gasteiger partial charge in [0, 0.05) is 67.6 Å². The van der Waals surface area contributed by atoms with E-state index in [2.05, 4.69) is 56.0 Å². The summed E-state index contributed by atoms with van der Waals surface area (Å²) >= 11 is 0. The summed E-state index contributed by atoms with van der Waals surface area (Å²) in [4.78, 5) is 8.69. The Balaban J connectivity index is 1.06. The molecule has 4 aromatic rings. The summed E-state index contributed by atoms with van der Waals surface area (Å²) in [5, 5.41) is 6.12. The minimum absolute atomic E-state index is 0.161. The van der Waals surface area contributed by atoms with Crippen LogP contribution in [0.3, 0.4) is 0 Å². The molecule has 0 saturated carbocycles. The van der Waals surface area contributed by atoms with Crippen molar-refractivity contribution in [2.75, 3.05) is 46.4 Å². The molecule has 0 atom stereocenters. The van der Waals surface area contributed by atoms with Gasteiger partial charge in [0.15, 0.2) is 0 Å². The van der Waals surface area contributed by atoms with Crippen molar-refractivity contribution >= 4 is 10.9 Å². The van der Waals surface area contributed by atoms with Crippen LogP contribution in [0.2, 0.25) is 0 Å². The molecule has 200 valence electrons. The number of rotatable bonds is 8. The smallest absolute Gasteiger partial charge is 0.126 e. The summed E-state index contributed by atoms with van der Waals surface area (Å²) in [6.45, 7) is 6.57. The van der Waals surface area contributed by atoms with E-state index in [4.69, 9.17) is 9.84 Å². The first-order valence-corrected chi connectivity index (χ1v) is 14.0. The number of H-pyrrole nitrogens is 1. The van der Waals surface area contributed by atoms with E-state index in [1.807, 2.05) is 12.1 Å². The Labute approximate surface area is 224 Å². The molecule has 0 bridgehead atoms. The summed E-state index contributed by atoms with van der Waals surface area (Å²) in [7, 11) is 1.78. The van der Waals surface area contributed by atoms with Crippen molar-refractivity contribution in [3.63, 3.8) is 0 Å². The molecule has 0 amide bonds. The van der Waals surface area contributed by atoms with Gasteiger partial charge in [-0.25, -0.2) is 4.39 Å². The van der Waals surface area contributed by atoms with E-state index in [-0.39, 0.29) is 5.82 Å². The standard InChI is InChI=1S/C31H38FN5O/c1-38-19-18-35-13-8-27(9-14-35)36-15-10-28(11-16-36)37-17-12-31(34-37)24-6-7-30-25(20-24)22-26(33-30)21-23-4-2-3-5-29(23)32/h2-7,12,17,20,22,27-28,33H,8-11,13-16,18-19,21H2,1H3. The van der Waals surface area contributed by atoms with Crippen LogP contribution >= 0.6 is 0 Å². The molecule has 0 aliphatic carbocycles. The number of benzene rings is 2.